The molecule has 0 amide bonds. The largest absolute Gasteiger partial charge is 0.379 e. The molecule has 2 aliphatic rings. The van der Waals surface area contributed by atoms with Crippen molar-refractivity contribution < 1.29 is 13.2 Å². The summed E-state index contributed by atoms with van der Waals surface area (Å²) in [6, 6.07) is 10.3. The Labute approximate surface area is 132 Å². The van der Waals surface area contributed by atoms with Crippen LogP contribution < -0.4 is 4.90 Å². The minimum atomic E-state index is -3.14. The average molecular weight is 324 g/mol. The zero-order chi connectivity index (χ0) is 15.6. The van der Waals surface area contributed by atoms with Crippen LogP contribution in [0.2, 0.25) is 0 Å². The normalized spacial score (nSPS) is 27.8. The minimum Gasteiger partial charge on any atom is -0.379 e. The van der Waals surface area contributed by atoms with Gasteiger partial charge in [0.05, 0.1) is 19.5 Å². The van der Waals surface area contributed by atoms with Crippen LogP contribution in [0.3, 0.4) is 0 Å². The lowest BCUT2D eigenvalue weighted by Crippen LogP contribution is -2.52. The number of sulfonamides is 1. The molecule has 1 atom stereocenters. The molecular weight excluding hydrogens is 300 g/mol. The van der Waals surface area contributed by atoms with Gasteiger partial charge in [0.25, 0.3) is 0 Å². The van der Waals surface area contributed by atoms with Crippen LogP contribution in [0.25, 0.3) is 0 Å². The summed E-state index contributed by atoms with van der Waals surface area (Å²) in [7, 11) is -3.14. The SMILES string of the molecule is CS(=O)(=O)N1CCCC2(COCCN(c3ccccc3)C2)C1. The van der Waals surface area contributed by atoms with Crippen LogP contribution in [0.1, 0.15) is 12.8 Å². The van der Waals surface area contributed by atoms with Gasteiger partial charge in [-0.05, 0) is 25.0 Å². The van der Waals surface area contributed by atoms with E-state index in [1.165, 1.54) is 11.9 Å². The summed E-state index contributed by atoms with van der Waals surface area (Å²) < 4.78 is 31.3. The Hall–Kier alpha value is -1.11. The lowest BCUT2D eigenvalue weighted by atomic mass is 9.81. The molecule has 2 aliphatic heterocycles. The smallest absolute Gasteiger partial charge is 0.211 e. The molecule has 3 rings (SSSR count). The summed E-state index contributed by atoms with van der Waals surface area (Å²) in [6.45, 7) is 4.23. The maximum atomic E-state index is 11.9. The van der Waals surface area contributed by atoms with Crippen LogP contribution in [0.5, 0.6) is 0 Å². The molecule has 0 N–H and O–H groups in total. The quantitative estimate of drug-likeness (QED) is 0.828. The molecule has 0 saturated carbocycles. The molecule has 1 aromatic rings. The highest BCUT2D eigenvalue weighted by Crippen LogP contribution is 2.35. The molecule has 2 saturated heterocycles. The molecule has 6 heteroatoms. The summed E-state index contributed by atoms with van der Waals surface area (Å²) >= 11 is 0. The number of nitrogens with zero attached hydrogens (tertiary/aromatic N) is 2. The Morgan fingerprint density at radius 3 is 2.64 bits per heavy atom. The third-order valence-electron chi connectivity index (χ3n) is 4.66. The van der Waals surface area contributed by atoms with E-state index in [1.807, 2.05) is 18.2 Å². The van der Waals surface area contributed by atoms with E-state index in [1.54, 1.807) is 4.31 Å². The van der Waals surface area contributed by atoms with Gasteiger partial charge < -0.3 is 9.64 Å². The molecule has 22 heavy (non-hydrogen) atoms. The first-order chi connectivity index (χ1) is 10.5. The molecule has 0 bridgehead atoms. The fourth-order valence-electron chi connectivity index (χ4n) is 3.54. The van der Waals surface area contributed by atoms with Crippen molar-refractivity contribution in [3.8, 4) is 0 Å². The van der Waals surface area contributed by atoms with Crippen LogP contribution in [0.4, 0.5) is 5.69 Å². The van der Waals surface area contributed by atoms with E-state index in [4.69, 9.17) is 4.74 Å². The van der Waals surface area contributed by atoms with Gasteiger partial charge in [-0.1, -0.05) is 18.2 Å². The number of para-hydroxylation sites is 1. The lowest BCUT2D eigenvalue weighted by molar-refractivity contribution is 0.0352. The topological polar surface area (TPSA) is 49.9 Å². The van der Waals surface area contributed by atoms with E-state index in [0.29, 0.717) is 26.3 Å². The summed E-state index contributed by atoms with van der Waals surface area (Å²) in [6.07, 6.45) is 3.22. The van der Waals surface area contributed by atoms with E-state index in [-0.39, 0.29) is 5.41 Å². The first-order valence-corrected chi connectivity index (χ1v) is 9.66. The molecule has 0 aromatic heterocycles. The second-order valence-electron chi connectivity index (χ2n) is 6.51. The maximum Gasteiger partial charge on any atom is 0.211 e. The molecule has 5 nitrogen and oxygen atoms in total. The number of hydrogen-bond acceptors (Lipinski definition) is 4. The van der Waals surface area contributed by atoms with Gasteiger partial charge in [-0.2, -0.15) is 0 Å². The Bertz CT molecular complexity index is 605. The van der Waals surface area contributed by atoms with Crippen LogP contribution in [-0.2, 0) is 14.8 Å². The molecular formula is C16H24N2O3S. The van der Waals surface area contributed by atoms with E-state index < -0.39 is 10.0 Å². The van der Waals surface area contributed by atoms with Gasteiger partial charge in [-0.15, -0.1) is 0 Å². The Morgan fingerprint density at radius 1 is 1.14 bits per heavy atom. The molecule has 1 unspecified atom stereocenters. The van der Waals surface area contributed by atoms with Crippen molar-refractivity contribution in [1.82, 2.24) is 4.31 Å². The average Bonchev–Trinajstić information content (AvgIpc) is 2.70. The molecule has 0 radical (unpaired) electrons. The van der Waals surface area contributed by atoms with Gasteiger partial charge in [0.15, 0.2) is 0 Å². The van der Waals surface area contributed by atoms with Crippen molar-refractivity contribution in [2.45, 2.75) is 12.8 Å². The highest BCUT2D eigenvalue weighted by molar-refractivity contribution is 7.88. The number of benzene rings is 1. The van der Waals surface area contributed by atoms with Crippen molar-refractivity contribution in [3.63, 3.8) is 0 Å². The fraction of sp³-hybridized carbons (Fsp3) is 0.625. The molecule has 0 aliphatic carbocycles. The Morgan fingerprint density at radius 2 is 1.91 bits per heavy atom. The predicted octanol–water partition coefficient (Wildman–Crippen LogP) is 1.56. The summed E-state index contributed by atoms with van der Waals surface area (Å²) in [5.41, 5.74) is 1.08. The zero-order valence-corrected chi connectivity index (χ0v) is 13.9. The Kier molecular flexibility index (Phi) is 4.43. The summed E-state index contributed by atoms with van der Waals surface area (Å²) in [5, 5.41) is 0. The minimum absolute atomic E-state index is 0.104. The first kappa shape index (κ1) is 15.8. The van der Waals surface area contributed by atoms with Gasteiger partial charge in [0, 0.05) is 37.3 Å². The zero-order valence-electron chi connectivity index (χ0n) is 13.1. The molecule has 2 fully saturated rings. The molecule has 122 valence electrons. The number of anilines is 1. The van der Waals surface area contributed by atoms with E-state index in [9.17, 15) is 8.42 Å². The summed E-state index contributed by atoms with van der Waals surface area (Å²) in [4.78, 5) is 2.33. The van der Waals surface area contributed by atoms with Crippen molar-refractivity contribution in [2.75, 3.05) is 50.5 Å². The number of hydrogen-bond donors (Lipinski definition) is 0. The van der Waals surface area contributed by atoms with Gasteiger partial charge >= 0.3 is 0 Å². The van der Waals surface area contributed by atoms with Crippen molar-refractivity contribution in [2.24, 2.45) is 5.41 Å². The lowest BCUT2D eigenvalue weighted by Gasteiger charge is -2.43. The second kappa shape index (κ2) is 6.18. The van der Waals surface area contributed by atoms with Crippen molar-refractivity contribution in [1.29, 1.82) is 0 Å². The maximum absolute atomic E-state index is 11.9. The molecule has 1 aromatic carbocycles. The van der Waals surface area contributed by atoms with Gasteiger partial charge in [-0.3, -0.25) is 0 Å². The highest BCUT2D eigenvalue weighted by atomic mass is 32.2. The third kappa shape index (κ3) is 3.45. The van der Waals surface area contributed by atoms with Crippen molar-refractivity contribution >= 4 is 15.7 Å². The van der Waals surface area contributed by atoms with E-state index >= 15 is 0 Å². The van der Waals surface area contributed by atoms with Gasteiger partial charge in [0.2, 0.25) is 10.0 Å². The van der Waals surface area contributed by atoms with Gasteiger partial charge in [-0.25, -0.2) is 12.7 Å². The van der Waals surface area contributed by atoms with Crippen molar-refractivity contribution in [3.05, 3.63) is 30.3 Å². The van der Waals surface area contributed by atoms with E-state index in [0.717, 1.165) is 25.9 Å². The van der Waals surface area contributed by atoms with E-state index in [2.05, 4.69) is 17.0 Å². The summed E-state index contributed by atoms with van der Waals surface area (Å²) in [5.74, 6) is 0. The number of rotatable bonds is 2. The third-order valence-corrected chi connectivity index (χ3v) is 5.91. The first-order valence-electron chi connectivity index (χ1n) is 7.81. The van der Waals surface area contributed by atoms with Gasteiger partial charge in [0.1, 0.15) is 0 Å². The van der Waals surface area contributed by atoms with Crippen LogP contribution >= 0.6 is 0 Å². The number of ether oxygens (including phenoxy) is 1. The van der Waals surface area contributed by atoms with Crippen LogP contribution in [0, 0.1) is 5.41 Å². The highest BCUT2D eigenvalue weighted by Gasteiger charge is 2.41. The second-order valence-corrected chi connectivity index (χ2v) is 8.49. The fourth-order valence-corrected chi connectivity index (χ4v) is 4.51. The Balaban J connectivity index is 1.82. The van der Waals surface area contributed by atoms with Crippen LogP contribution in [-0.4, -0.2) is 58.4 Å². The number of piperidine rings is 1. The molecule has 1 spiro atoms. The monoisotopic (exact) mass is 324 g/mol. The van der Waals surface area contributed by atoms with Crippen LogP contribution in [0.15, 0.2) is 30.3 Å². The molecule has 2 heterocycles. The standard InChI is InChI=1S/C16H24N2O3S/c1-22(19,20)18-9-5-8-16(13-18)12-17(10-11-21-14-16)15-6-3-2-4-7-15/h2-4,6-7H,5,8-14H2,1H3. The predicted molar refractivity (Wildman–Crippen MR) is 87.6 cm³/mol.